The molecule has 1 rings (SSSR count). The van der Waals surface area contributed by atoms with Gasteiger partial charge in [0.25, 0.3) is 0 Å². The van der Waals surface area contributed by atoms with Crippen LogP contribution in [-0.2, 0) is 11.3 Å². The average Bonchev–Trinajstić information content (AvgIpc) is 2.53. The molecule has 0 spiro atoms. The first-order valence-corrected chi connectivity index (χ1v) is 4.51. The molecule has 0 aliphatic heterocycles. The predicted octanol–water partition coefficient (Wildman–Crippen LogP) is 0.808. The van der Waals surface area contributed by atoms with Crippen molar-refractivity contribution in [2.24, 2.45) is 0 Å². The number of ether oxygens (including phenoxy) is 2. The molecule has 1 unspecified atom stereocenters. The normalized spacial score (nSPS) is 12.8. The van der Waals surface area contributed by atoms with E-state index in [4.69, 9.17) is 13.9 Å². The van der Waals surface area contributed by atoms with E-state index in [9.17, 15) is 0 Å². The highest BCUT2D eigenvalue weighted by atomic mass is 16.6. The highest BCUT2D eigenvalue weighted by molar-refractivity contribution is 4.99. The molecule has 0 aliphatic carbocycles. The average molecular weight is 200 g/mol. The molecule has 0 saturated heterocycles. The van der Waals surface area contributed by atoms with Crippen LogP contribution in [0.25, 0.3) is 0 Å². The fourth-order valence-electron chi connectivity index (χ4n) is 1.05. The monoisotopic (exact) mass is 200 g/mol. The molecule has 0 bridgehead atoms. The Hall–Kier alpha value is -1.07. The van der Waals surface area contributed by atoms with Crippen LogP contribution >= 0.6 is 0 Å². The van der Waals surface area contributed by atoms with E-state index in [1.807, 2.05) is 14.0 Å². The summed E-state index contributed by atoms with van der Waals surface area (Å²) in [6.45, 7) is 3.08. The SMILES string of the molecule is CNCc1coc(OC(C)COC)n1. The van der Waals surface area contributed by atoms with Gasteiger partial charge < -0.3 is 19.2 Å². The second-order valence-corrected chi connectivity index (χ2v) is 3.02. The van der Waals surface area contributed by atoms with Gasteiger partial charge in [-0.2, -0.15) is 4.98 Å². The summed E-state index contributed by atoms with van der Waals surface area (Å²) in [6.07, 6.45) is 1.81. The first-order valence-electron chi connectivity index (χ1n) is 4.51. The zero-order valence-corrected chi connectivity index (χ0v) is 8.74. The summed E-state index contributed by atoms with van der Waals surface area (Å²) < 4.78 is 15.4. The maximum absolute atomic E-state index is 5.35. The van der Waals surface area contributed by atoms with Crippen LogP contribution in [0.3, 0.4) is 0 Å². The fourth-order valence-corrected chi connectivity index (χ4v) is 1.05. The quantitative estimate of drug-likeness (QED) is 0.736. The van der Waals surface area contributed by atoms with Gasteiger partial charge in [-0.3, -0.25) is 0 Å². The number of oxazole rings is 1. The molecule has 0 aliphatic rings. The van der Waals surface area contributed by atoms with E-state index in [1.165, 1.54) is 0 Å². The Kier molecular flexibility index (Phi) is 4.42. The molecule has 1 heterocycles. The molecule has 0 saturated carbocycles. The second-order valence-electron chi connectivity index (χ2n) is 3.02. The van der Waals surface area contributed by atoms with Crippen molar-refractivity contribution in [3.8, 4) is 6.08 Å². The molecule has 0 amide bonds. The molecular formula is C9H16N2O3. The molecule has 80 valence electrons. The molecule has 0 radical (unpaired) electrons. The van der Waals surface area contributed by atoms with Gasteiger partial charge in [0, 0.05) is 13.7 Å². The Morgan fingerprint density at radius 1 is 1.64 bits per heavy atom. The van der Waals surface area contributed by atoms with E-state index >= 15 is 0 Å². The molecule has 0 fully saturated rings. The van der Waals surface area contributed by atoms with Gasteiger partial charge in [-0.05, 0) is 14.0 Å². The minimum Gasteiger partial charge on any atom is -0.445 e. The second kappa shape index (κ2) is 5.62. The lowest BCUT2D eigenvalue weighted by atomic mass is 10.4. The Bertz CT molecular complexity index is 262. The summed E-state index contributed by atoms with van der Waals surface area (Å²) in [4.78, 5) is 4.12. The standard InChI is InChI=1S/C9H16N2O3/c1-7(5-12-3)14-9-11-8(4-10-2)6-13-9/h6-7,10H,4-5H2,1-3H3. The van der Waals surface area contributed by atoms with Crippen molar-refractivity contribution < 1.29 is 13.9 Å². The van der Waals surface area contributed by atoms with Crippen molar-refractivity contribution in [2.45, 2.75) is 19.6 Å². The molecule has 5 heteroatoms. The van der Waals surface area contributed by atoms with Gasteiger partial charge in [0.2, 0.25) is 0 Å². The van der Waals surface area contributed by atoms with E-state index in [2.05, 4.69) is 10.3 Å². The number of rotatable bonds is 6. The third kappa shape index (κ3) is 3.35. The highest BCUT2D eigenvalue weighted by Gasteiger charge is 2.08. The van der Waals surface area contributed by atoms with E-state index in [0.717, 1.165) is 5.69 Å². The molecule has 1 aromatic heterocycles. The molecular weight excluding hydrogens is 184 g/mol. The van der Waals surface area contributed by atoms with E-state index < -0.39 is 0 Å². The van der Waals surface area contributed by atoms with Crippen LogP contribution < -0.4 is 10.1 Å². The van der Waals surface area contributed by atoms with Crippen molar-refractivity contribution in [3.63, 3.8) is 0 Å². The Morgan fingerprint density at radius 3 is 3.07 bits per heavy atom. The lowest BCUT2D eigenvalue weighted by molar-refractivity contribution is 0.0705. The van der Waals surface area contributed by atoms with Crippen LogP contribution in [0, 0.1) is 0 Å². The van der Waals surface area contributed by atoms with Crippen LogP contribution in [0.1, 0.15) is 12.6 Å². The zero-order chi connectivity index (χ0) is 10.4. The van der Waals surface area contributed by atoms with Gasteiger partial charge >= 0.3 is 6.08 Å². The summed E-state index contributed by atoms with van der Waals surface area (Å²) >= 11 is 0. The molecule has 0 aromatic carbocycles. The largest absolute Gasteiger partial charge is 0.445 e. The smallest absolute Gasteiger partial charge is 0.394 e. The fraction of sp³-hybridized carbons (Fsp3) is 0.667. The van der Waals surface area contributed by atoms with Gasteiger partial charge in [0.15, 0.2) is 0 Å². The van der Waals surface area contributed by atoms with Gasteiger partial charge in [-0.15, -0.1) is 0 Å². The van der Waals surface area contributed by atoms with E-state index in [0.29, 0.717) is 19.2 Å². The minimum absolute atomic E-state index is 0.0546. The molecule has 1 N–H and O–H groups in total. The minimum atomic E-state index is -0.0546. The Morgan fingerprint density at radius 2 is 2.43 bits per heavy atom. The maximum Gasteiger partial charge on any atom is 0.394 e. The lowest BCUT2D eigenvalue weighted by Gasteiger charge is -2.08. The number of methoxy groups -OCH3 is 1. The predicted molar refractivity (Wildman–Crippen MR) is 51.2 cm³/mol. The molecule has 1 aromatic rings. The van der Waals surface area contributed by atoms with E-state index in [1.54, 1.807) is 13.4 Å². The first-order chi connectivity index (χ1) is 6.76. The number of nitrogens with one attached hydrogen (secondary N) is 1. The van der Waals surface area contributed by atoms with Gasteiger partial charge in [-0.25, -0.2) is 0 Å². The maximum atomic E-state index is 5.35. The van der Waals surface area contributed by atoms with Crippen LogP contribution in [0.5, 0.6) is 6.08 Å². The van der Waals surface area contributed by atoms with Crippen molar-refractivity contribution in [1.29, 1.82) is 0 Å². The number of aromatic nitrogens is 1. The molecule has 5 nitrogen and oxygen atoms in total. The van der Waals surface area contributed by atoms with Gasteiger partial charge in [0.1, 0.15) is 12.4 Å². The van der Waals surface area contributed by atoms with Crippen LogP contribution in [0.4, 0.5) is 0 Å². The molecule has 1 atom stereocenters. The molecule has 14 heavy (non-hydrogen) atoms. The van der Waals surface area contributed by atoms with Crippen molar-refractivity contribution in [1.82, 2.24) is 10.3 Å². The van der Waals surface area contributed by atoms with Crippen molar-refractivity contribution in [2.75, 3.05) is 20.8 Å². The topological polar surface area (TPSA) is 56.5 Å². The zero-order valence-electron chi connectivity index (χ0n) is 8.74. The van der Waals surface area contributed by atoms with Crippen LogP contribution in [0.2, 0.25) is 0 Å². The van der Waals surface area contributed by atoms with E-state index in [-0.39, 0.29) is 6.10 Å². The number of nitrogens with zero attached hydrogens (tertiary/aromatic N) is 1. The van der Waals surface area contributed by atoms with Crippen LogP contribution in [0.15, 0.2) is 10.7 Å². The van der Waals surface area contributed by atoms with Gasteiger partial charge in [-0.1, -0.05) is 0 Å². The van der Waals surface area contributed by atoms with Crippen molar-refractivity contribution >= 4 is 0 Å². The third-order valence-electron chi connectivity index (χ3n) is 1.59. The first kappa shape index (κ1) is 11.0. The summed E-state index contributed by atoms with van der Waals surface area (Å²) in [5, 5.41) is 2.97. The third-order valence-corrected chi connectivity index (χ3v) is 1.59. The Balaban J connectivity index is 2.42. The number of hydrogen-bond donors (Lipinski definition) is 1. The lowest BCUT2D eigenvalue weighted by Crippen LogP contribution is -2.18. The number of hydrogen-bond acceptors (Lipinski definition) is 5. The summed E-state index contributed by atoms with van der Waals surface area (Å²) in [5.74, 6) is 0. The highest BCUT2D eigenvalue weighted by Crippen LogP contribution is 2.11. The summed E-state index contributed by atoms with van der Waals surface area (Å²) in [7, 11) is 3.48. The Labute approximate surface area is 83.4 Å². The van der Waals surface area contributed by atoms with Crippen LogP contribution in [-0.4, -0.2) is 31.9 Å². The summed E-state index contributed by atoms with van der Waals surface area (Å²) in [5.41, 5.74) is 0.826. The van der Waals surface area contributed by atoms with Crippen molar-refractivity contribution in [3.05, 3.63) is 12.0 Å². The van der Waals surface area contributed by atoms with Gasteiger partial charge in [0.05, 0.1) is 12.3 Å². The summed E-state index contributed by atoms with van der Waals surface area (Å²) in [6, 6.07) is 0.